The highest BCUT2D eigenvalue weighted by atomic mass is 35.5. The van der Waals surface area contributed by atoms with Crippen molar-refractivity contribution < 1.29 is 25.2 Å². The van der Waals surface area contributed by atoms with Gasteiger partial charge >= 0.3 is 0 Å². The topological polar surface area (TPSA) is 110 Å². The summed E-state index contributed by atoms with van der Waals surface area (Å²) in [7, 11) is 0. The van der Waals surface area contributed by atoms with Crippen molar-refractivity contribution >= 4 is 18.7 Å². The average molecular weight is 320 g/mol. The van der Waals surface area contributed by atoms with Gasteiger partial charge in [-0.2, -0.15) is 0 Å². The lowest BCUT2D eigenvalue weighted by Crippen LogP contribution is -2.52. The zero-order chi connectivity index (χ0) is 15.0. The van der Waals surface area contributed by atoms with Crippen LogP contribution in [0.3, 0.4) is 0 Å². The Morgan fingerprint density at radius 2 is 1.71 bits per heavy atom. The van der Waals surface area contributed by atoms with Gasteiger partial charge in [-0.15, -0.1) is 12.4 Å². The Morgan fingerprint density at radius 1 is 1.10 bits per heavy atom. The Hall–Kier alpha value is -1.02. The molecule has 0 saturated carbocycles. The molecule has 0 amide bonds. The fourth-order valence-electron chi connectivity index (χ4n) is 1.83. The molecule has 21 heavy (non-hydrogen) atoms. The highest BCUT2D eigenvalue weighted by molar-refractivity contribution is 5.85. The molecule has 0 bridgehead atoms. The zero-order valence-electron chi connectivity index (χ0n) is 11.5. The molecule has 0 aromatic heterocycles. The van der Waals surface area contributed by atoms with E-state index < -0.39 is 31.0 Å². The van der Waals surface area contributed by atoms with Gasteiger partial charge in [0.2, 0.25) is 0 Å². The molecule has 1 aromatic carbocycles. The Balaban J connectivity index is 0.00000400. The minimum absolute atomic E-state index is 0. The third kappa shape index (κ3) is 6.52. The third-order valence-corrected chi connectivity index (χ3v) is 3.08. The maximum atomic E-state index is 10.9. The lowest BCUT2D eigenvalue weighted by atomic mass is 10.0. The summed E-state index contributed by atoms with van der Waals surface area (Å²) < 4.78 is 0. The summed E-state index contributed by atoms with van der Waals surface area (Å²) in [5, 5.41) is 40.1. The van der Waals surface area contributed by atoms with Crippen molar-refractivity contribution in [3.63, 3.8) is 0 Å². The van der Waals surface area contributed by atoms with E-state index in [1.807, 2.05) is 30.3 Å². The second-order valence-corrected chi connectivity index (χ2v) is 4.58. The van der Waals surface area contributed by atoms with Crippen LogP contribution in [0.4, 0.5) is 0 Å². The molecule has 0 aliphatic carbocycles. The van der Waals surface area contributed by atoms with Gasteiger partial charge in [-0.05, 0) is 18.5 Å². The van der Waals surface area contributed by atoms with Gasteiger partial charge in [0.05, 0.1) is 12.6 Å². The smallest absolute Gasteiger partial charge is 0.139 e. The fraction of sp³-hybridized carbons (Fsp3) is 0.500. The molecule has 0 radical (unpaired) electrons. The van der Waals surface area contributed by atoms with E-state index in [2.05, 4.69) is 5.32 Å². The van der Waals surface area contributed by atoms with E-state index in [1.165, 1.54) is 0 Å². The van der Waals surface area contributed by atoms with Crippen LogP contribution in [-0.4, -0.2) is 64.2 Å². The molecule has 7 heteroatoms. The summed E-state index contributed by atoms with van der Waals surface area (Å²) in [6, 6.07) is 8.60. The molecular formula is C14H22ClNO5. The minimum atomic E-state index is -1.58. The summed E-state index contributed by atoms with van der Waals surface area (Å²) in [5.41, 5.74) is 1.08. The number of carbonyl (C=O) groups is 1. The SMILES string of the molecule is Cl.O=C[C@H](NCCc1ccccc1)[C@@H](O)[C@H](O)[C@H](O)CO. The summed E-state index contributed by atoms with van der Waals surface area (Å²) in [6.07, 6.45) is -3.41. The third-order valence-electron chi connectivity index (χ3n) is 3.08. The molecule has 0 heterocycles. The number of benzene rings is 1. The highest BCUT2D eigenvalue weighted by Gasteiger charge is 2.30. The number of aliphatic hydroxyl groups is 4. The normalized spacial score (nSPS) is 16.4. The van der Waals surface area contributed by atoms with Crippen LogP contribution in [0.2, 0.25) is 0 Å². The molecule has 0 unspecified atom stereocenters. The standard InChI is InChI=1S/C14H21NO5.ClH/c16-8-11(13(19)14(20)12(18)9-17)15-7-6-10-4-2-1-3-5-10;/h1-5,8,11-15,17-20H,6-7,9H2;1H/t11-,12+,13+,14+;/m0./s1. The number of nitrogens with one attached hydrogen (secondary N) is 1. The molecule has 0 fully saturated rings. The molecule has 0 spiro atoms. The zero-order valence-corrected chi connectivity index (χ0v) is 12.3. The lowest BCUT2D eigenvalue weighted by molar-refractivity contribution is -0.120. The Kier molecular flexibility index (Phi) is 10.2. The summed E-state index contributed by atoms with van der Waals surface area (Å²) in [6.45, 7) is -0.250. The van der Waals surface area contributed by atoms with Gasteiger partial charge < -0.3 is 30.5 Å². The van der Waals surface area contributed by atoms with Crippen LogP contribution >= 0.6 is 12.4 Å². The monoisotopic (exact) mass is 319 g/mol. The number of carbonyl (C=O) groups excluding carboxylic acids is 1. The maximum absolute atomic E-state index is 10.9. The Labute approximate surface area is 129 Å². The van der Waals surface area contributed by atoms with E-state index in [0.29, 0.717) is 19.3 Å². The molecule has 0 saturated heterocycles. The van der Waals surface area contributed by atoms with Crippen molar-refractivity contribution in [2.75, 3.05) is 13.2 Å². The lowest BCUT2D eigenvalue weighted by Gasteiger charge is -2.26. The first kappa shape index (κ1) is 20.0. The van der Waals surface area contributed by atoms with Crippen molar-refractivity contribution in [1.82, 2.24) is 5.32 Å². The minimum Gasteiger partial charge on any atom is -0.394 e. The van der Waals surface area contributed by atoms with Crippen molar-refractivity contribution in [3.05, 3.63) is 35.9 Å². The van der Waals surface area contributed by atoms with E-state index in [1.54, 1.807) is 0 Å². The Bertz CT molecular complexity index is 392. The van der Waals surface area contributed by atoms with E-state index in [0.717, 1.165) is 5.56 Å². The van der Waals surface area contributed by atoms with Crippen molar-refractivity contribution in [1.29, 1.82) is 0 Å². The molecule has 6 nitrogen and oxygen atoms in total. The van der Waals surface area contributed by atoms with Gasteiger partial charge in [0.25, 0.3) is 0 Å². The van der Waals surface area contributed by atoms with Crippen molar-refractivity contribution in [2.45, 2.75) is 30.8 Å². The quantitative estimate of drug-likeness (QED) is 0.369. The predicted octanol–water partition coefficient (Wildman–Crippen LogP) is -1.12. The van der Waals surface area contributed by atoms with Crippen molar-refractivity contribution in [3.8, 4) is 0 Å². The molecule has 4 atom stereocenters. The molecule has 0 aliphatic heterocycles. The second kappa shape index (κ2) is 10.7. The fourth-order valence-corrected chi connectivity index (χ4v) is 1.83. The average Bonchev–Trinajstić information content (AvgIpc) is 2.50. The van der Waals surface area contributed by atoms with Gasteiger partial charge in [0, 0.05) is 0 Å². The van der Waals surface area contributed by atoms with Gasteiger partial charge in [-0.25, -0.2) is 0 Å². The number of halogens is 1. The van der Waals surface area contributed by atoms with E-state index in [4.69, 9.17) is 5.11 Å². The molecule has 120 valence electrons. The van der Waals surface area contributed by atoms with Gasteiger partial charge in [-0.3, -0.25) is 0 Å². The first-order chi connectivity index (χ1) is 9.60. The first-order valence-electron chi connectivity index (χ1n) is 6.47. The molecule has 5 N–H and O–H groups in total. The summed E-state index contributed by atoms with van der Waals surface area (Å²) >= 11 is 0. The first-order valence-corrected chi connectivity index (χ1v) is 6.47. The van der Waals surface area contributed by atoms with E-state index >= 15 is 0 Å². The molecule has 1 rings (SSSR count). The van der Waals surface area contributed by atoms with Crippen LogP contribution < -0.4 is 5.32 Å². The van der Waals surface area contributed by atoms with Crippen LogP contribution in [0.25, 0.3) is 0 Å². The van der Waals surface area contributed by atoms with Crippen LogP contribution in [0.1, 0.15) is 5.56 Å². The molecule has 0 aliphatic rings. The summed E-state index contributed by atoms with van der Waals surface area (Å²) in [5.74, 6) is 0. The van der Waals surface area contributed by atoms with Gasteiger partial charge in [0.15, 0.2) is 0 Å². The number of hydrogen-bond acceptors (Lipinski definition) is 6. The largest absolute Gasteiger partial charge is 0.394 e. The highest BCUT2D eigenvalue weighted by Crippen LogP contribution is 2.04. The Morgan fingerprint density at radius 3 is 2.24 bits per heavy atom. The van der Waals surface area contributed by atoms with Crippen molar-refractivity contribution in [2.24, 2.45) is 0 Å². The number of rotatable bonds is 9. The predicted molar refractivity (Wildman–Crippen MR) is 80.4 cm³/mol. The van der Waals surface area contributed by atoms with E-state index in [-0.39, 0.29) is 12.4 Å². The molecular weight excluding hydrogens is 298 g/mol. The van der Waals surface area contributed by atoms with Gasteiger partial charge in [-0.1, -0.05) is 30.3 Å². The molecule has 1 aromatic rings. The van der Waals surface area contributed by atoms with Crippen LogP contribution in [0.5, 0.6) is 0 Å². The summed E-state index contributed by atoms with van der Waals surface area (Å²) in [4.78, 5) is 10.9. The number of aliphatic hydroxyl groups excluding tert-OH is 4. The van der Waals surface area contributed by atoms with Crippen LogP contribution in [0.15, 0.2) is 30.3 Å². The van der Waals surface area contributed by atoms with Crippen LogP contribution in [-0.2, 0) is 11.2 Å². The van der Waals surface area contributed by atoms with Crippen LogP contribution in [0, 0.1) is 0 Å². The maximum Gasteiger partial charge on any atom is 0.139 e. The van der Waals surface area contributed by atoms with E-state index in [9.17, 15) is 20.1 Å². The number of hydrogen-bond donors (Lipinski definition) is 5. The number of aldehydes is 1. The second-order valence-electron chi connectivity index (χ2n) is 4.58. The van der Waals surface area contributed by atoms with Gasteiger partial charge in [0.1, 0.15) is 24.6 Å².